The first-order valence-electron chi connectivity index (χ1n) is 7.82. The number of hydrogen-bond donors (Lipinski definition) is 2. The number of carbonyl (C=O) groups excluding carboxylic acids is 1. The monoisotopic (exact) mass is 303 g/mol. The maximum absolute atomic E-state index is 11.8. The van der Waals surface area contributed by atoms with E-state index in [4.69, 9.17) is 9.47 Å². The van der Waals surface area contributed by atoms with Gasteiger partial charge in [0, 0.05) is 25.2 Å². The third-order valence-corrected chi connectivity index (χ3v) is 3.69. The average molecular weight is 303 g/mol. The van der Waals surface area contributed by atoms with Crippen LogP contribution in [0.15, 0.2) is 0 Å². The summed E-state index contributed by atoms with van der Waals surface area (Å²) in [4.78, 5) is 11.8. The Morgan fingerprint density at radius 3 is 2.33 bits per heavy atom. The van der Waals surface area contributed by atoms with Crippen molar-refractivity contribution in [2.24, 2.45) is 11.3 Å². The summed E-state index contributed by atoms with van der Waals surface area (Å²) in [7, 11) is 0. The molecule has 0 aliphatic carbocycles. The molecule has 21 heavy (non-hydrogen) atoms. The number of hydrogen-bond acceptors (Lipinski definition) is 4. The van der Waals surface area contributed by atoms with Crippen LogP contribution in [0, 0.1) is 11.3 Å². The number of ether oxygens (including phenoxy) is 2. The molecule has 0 rings (SSSR count). The maximum atomic E-state index is 11.8. The Kier molecular flexibility index (Phi) is 8.90. The van der Waals surface area contributed by atoms with Gasteiger partial charge in [-0.25, -0.2) is 4.79 Å². The highest BCUT2D eigenvalue weighted by molar-refractivity contribution is 5.67. The lowest BCUT2D eigenvalue weighted by Gasteiger charge is -2.36. The second-order valence-electron chi connectivity index (χ2n) is 6.83. The van der Waals surface area contributed by atoms with E-state index in [0.29, 0.717) is 19.8 Å². The highest BCUT2D eigenvalue weighted by Gasteiger charge is 2.33. The Hall–Kier alpha value is -0.810. The lowest BCUT2D eigenvalue weighted by molar-refractivity contribution is 0.0320. The number of aliphatic hydroxyl groups is 1. The van der Waals surface area contributed by atoms with E-state index in [0.717, 1.165) is 12.8 Å². The van der Waals surface area contributed by atoms with Crippen LogP contribution >= 0.6 is 0 Å². The Morgan fingerprint density at radius 2 is 1.90 bits per heavy atom. The lowest BCUT2D eigenvalue weighted by atomic mass is 9.74. The largest absolute Gasteiger partial charge is 0.444 e. The zero-order valence-corrected chi connectivity index (χ0v) is 14.5. The average Bonchev–Trinajstić information content (AvgIpc) is 2.36. The van der Waals surface area contributed by atoms with Crippen LogP contribution in [0.5, 0.6) is 0 Å². The van der Waals surface area contributed by atoms with Crippen LogP contribution in [0.4, 0.5) is 4.79 Å². The van der Waals surface area contributed by atoms with Crippen LogP contribution in [0.2, 0.25) is 0 Å². The van der Waals surface area contributed by atoms with Crippen molar-refractivity contribution in [1.29, 1.82) is 0 Å². The summed E-state index contributed by atoms with van der Waals surface area (Å²) in [6, 6.07) is 0. The number of rotatable bonds is 9. The van der Waals surface area contributed by atoms with Gasteiger partial charge in [-0.1, -0.05) is 13.8 Å². The summed E-state index contributed by atoms with van der Waals surface area (Å²) in [5.74, 6) is 0.249. The molecule has 0 aromatic heterocycles. The van der Waals surface area contributed by atoms with Gasteiger partial charge in [0.1, 0.15) is 5.60 Å². The fourth-order valence-corrected chi connectivity index (χ4v) is 2.13. The second kappa shape index (κ2) is 9.26. The minimum Gasteiger partial charge on any atom is -0.444 e. The van der Waals surface area contributed by atoms with E-state index < -0.39 is 11.7 Å². The van der Waals surface area contributed by atoms with Crippen LogP contribution in [-0.4, -0.2) is 43.2 Å². The van der Waals surface area contributed by atoms with E-state index in [2.05, 4.69) is 19.2 Å². The molecule has 1 atom stereocenters. The van der Waals surface area contributed by atoms with Gasteiger partial charge in [0.25, 0.3) is 0 Å². The van der Waals surface area contributed by atoms with Crippen LogP contribution in [-0.2, 0) is 9.47 Å². The highest BCUT2D eigenvalue weighted by atomic mass is 16.6. The zero-order chi connectivity index (χ0) is 16.5. The van der Waals surface area contributed by atoms with Crippen molar-refractivity contribution < 1.29 is 19.4 Å². The Labute approximate surface area is 129 Å². The molecule has 0 aliphatic rings. The standard InChI is InChI=1S/C16H33NO4/c1-7-20-10-8-9-16(12-18,13(2)3)11-17-14(19)21-15(4,5)6/h13,18H,7-12H2,1-6H3,(H,17,19). The molecule has 1 amide bonds. The van der Waals surface area contributed by atoms with E-state index in [1.54, 1.807) is 0 Å². The molecule has 5 nitrogen and oxygen atoms in total. The molecular formula is C16H33NO4. The van der Waals surface area contributed by atoms with Crippen LogP contribution < -0.4 is 5.32 Å². The van der Waals surface area contributed by atoms with E-state index in [-0.39, 0.29) is 17.9 Å². The molecule has 0 fully saturated rings. The minimum absolute atomic E-state index is 0.0343. The molecule has 0 heterocycles. The molecule has 0 aliphatic heterocycles. The van der Waals surface area contributed by atoms with Gasteiger partial charge in [0.2, 0.25) is 0 Å². The van der Waals surface area contributed by atoms with Crippen LogP contribution in [0.3, 0.4) is 0 Å². The van der Waals surface area contributed by atoms with Gasteiger partial charge < -0.3 is 19.9 Å². The molecule has 0 saturated carbocycles. The van der Waals surface area contributed by atoms with Crippen molar-refractivity contribution in [3.05, 3.63) is 0 Å². The van der Waals surface area contributed by atoms with Crippen LogP contribution in [0.1, 0.15) is 54.4 Å². The van der Waals surface area contributed by atoms with E-state index in [1.807, 2.05) is 27.7 Å². The number of carbonyl (C=O) groups is 1. The molecule has 0 aromatic carbocycles. The molecule has 2 N–H and O–H groups in total. The minimum atomic E-state index is -0.515. The van der Waals surface area contributed by atoms with Crippen molar-refractivity contribution in [3.8, 4) is 0 Å². The summed E-state index contributed by atoms with van der Waals surface area (Å²) in [5.41, 5.74) is -0.854. The highest BCUT2D eigenvalue weighted by Crippen LogP contribution is 2.32. The van der Waals surface area contributed by atoms with Crippen molar-refractivity contribution in [2.75, 3.05) is 26.4 Å². The summed E-state index contributed by atoms with van der Waals surface area (Å²) in [6.07, 6.45) is 1.23. The molecule has 0 bridgehead atoms. The molecule has 1 unspecified atom stereocenters. The van der Waals surface area contributed by atoms with Crippen LogP contribution in [0.25, 0.3) is 0 Å². The quantitative estimate of drug-likeness (QED) is 0.643. The fraction of sp³-hybridized carbons (Fsp3) is 0.938. The zero-order valence-electron chi connectivity index (χ0n) is 14.5. The number of alkyl carbamates (subject to hydrolysis) is 1. The smallest absolute Gasteiger partial charge is 0.407 e. The number of amides is 1. The third kappa shape index (κ3) is 8.27. The van der Waals surface area contributed by atoms with Gasteiger partial charge in [-0.2, -0.15) is 0 Å². The second-order valence-corrected chi connectivity index (χ2v) is 6.83. The van der Waals surface area contributed by atoms with Gasteiger partial charge in [0.15, 0.2) is 0 Å². The van der Waals surface area contributed by atoms with E-state index >= 15 is 0 Å². The van der Waals surface area contributed by atoms with Gasteiger partial charge in [0.05, 0.1) is 6.61 Å². The van der Waals surface area contributed by atoms with Gasteiger partial charge in [-0.05, 0) is 46.5 Å². The van der Waals surface area contributed by atoms with E-state index in [1.165, 1.54) is 0 Å². The van der Waals surface area contributed by atoms with Crippen molar-refractivity contribution in [2.45, 2.75) is 60.0 Å². The van der Waals surface area contributed by atoms with Crippen molar-refractivity contribution >= 4 is 6.09 Å². The maximum Gasteiger partial charge on any atom is 0.407 e. The molecule has 0 radical (unpaired) electrons. The molecular weight excluding hydrogens is 270 g/mol. The number of aliphatic hydroxyl groups excluding tert-OH is 1. The number of nitrogens with one attached hydrogen (secondary N) is 1. The van der Waals surface area contributed by atoms with Gasteiger partial charge in [-0.15, -0.1) is 0 Å². The Bertz CT molecular complexity index is 299. The predicted octanol–water partition coefficient (Wildman–Crippen LogP) is 2.96. The van der Waals surface area contributed by atoms with Gasteiger partial charge in [-0.3, -0.25) is 0 Å². The Morgan fingerprint density at radius 1 is 1.29 bits per heavy atom. The molecule has 0 aromatic rings. The summed E-state index contributed by atoms with van der Waals surface area (Å²) in [6.45, 7) is 13.4. The van der Waals surface area contributed by atoms with Crippen molar-refractivity contribution in [3.63, 3.8) is 0 Å². The first-order chi connectivity index (χ1) is 9.67. The SMILES string of the molecule is CCOCCCC(CO)(CNC(=O)OC(C)(C)C)C(C)C. The van der Waals surface area contributed by atoms with Crippen molar-refractivity contribution in [1.82, 2.24) is 5.32 Å². The molecule has 5 heteroatoms. The first-order valence-corrected chi connectivity index (χ1v) is 7.82. The normalized spacial score (nSPS) is 14.9. The molecule has 0 saturated heterocycles. The molecule has 0 spiro atoms. The predicted molar refractivity (Wildman–Crippen MR) is 84.3 cm³/mol. The summed E-state index contributed by atoms with van der Waals surface area (Å²) in [5, 5.41) is 12.6. The van der Waals surface area contributed by atoms with Gasteiger partial charge >= 0.3 is 6.09 Å². The summed E-state index contributed by atoms with van der Waals surface area (Å²) < 4.78 is 10.6. The van der Waals surface area contributed by atoms with E-state index in [9.17, 15) is 9.90 Å². The third-order valence-electron chi connectivity index (χ3n) is 3.69. The topological polar surface area (TPSA) is 67.8 Å². The fourth-order valence-electron chi connectivity index (χ4n) is 2.13. The first kappa shape index (κ1) is 20.2. The molecule has 126 valence electrons. The lowest BCUT2D eigenvalue weighted by Crippen LogP contribution is -2.45. The summed E-state index contributed by atoms with van der Waals surface area (Å²) >= 11 is 0. The Balaban J connectivity index is 4.51.